The Labute approximate surface area is 182 Å². The van der Waals surface area contributed by atoms with Gasteiger partial charge in [-0.05, 0) is 74.0 Å². The van der Waals surface area contributed by atoms with E-state index in [0.717, 1.165) is 38.8 Å². The minimum absolute atomic E-state index is 0.127. The number of carbonyl (C=O) groups excluding carboxylic acids is 1. The van der Waals surface area contributed by atoms with E-state index in [-0.39, 0.29) is 18.0 Å². The van der Waals surface area contributed by atoms with Gasteiger partial charge in [-0.3, -0.25) is 9.59 Å². The lowest BCUT2D eigenvalue weighted by Crippen LogP contribution is -2.33. The minimum Gasteiger partial charge on any atom is -0.321 e. The zero-order valence-electron chi connectivity index (χ0n) is 18.3. The van der Waals surface area contributed by atoms with Gasteiger partial charge in [-0.15, -0.1) is 0 Å². The summed E-state index contributed by atoms with van der Waals surface area (Å²) in [5.74, 6) is -0.127. The number of fused-ring (bicyclic) bond motifs is 1. The predicted octanol–water partition coefficient (Wildman–Crippen LogP) is 5.61. The van der Waals surface area contributed by atoms with E-state index in [1.54, 1.807) is 4.90 Å². The normalized spacial score (nSPS) is 11.0. The second kappa shape index (κ2) is 8.23. The number of nitrogens with zero attached hydrogens (tertiary/aromatic N) is 1. The molecule has 3 aromatic carbocycles. The van der Waals surface area contributed by atoms with Crippen molar-refractivity contribution in [2.75, 3.05) is 4.90 Å². The number of anilines is 1. The van der Waals surface area contributed by atoms with Crippen molar-refractivity contribution in [1.82, 2.24) is 4.98 Å². The molecule has 4 rings (SSSR count). The van der Waals surface area contributed by atoms with Gasteiger partial charge in [0.05, 0.1) is 12.1 Å². The smallest absolute Gasteiger partial charge is 0.258 e. The SMILES string of the molecule is Cc1ccc(C(=O)N(Cc2cc3cccc(C)c3[nH]c2=O)c2cc(C)ccc2C)cc1. The number of aryl methyl sites for hydroxylation is 4. The van der Waals surface area contributed by atoms with Gasteiger partial charge in [0.25, 0.3) is 11.5 Å². The van der Waals surface area contributed by atoms with Crippen LogP contribution in [0.4, 0.5) is 5.69 Å². The zero-order chi connectivity index (χ0) is 22.1. The molecule has 1 amide bonds. The lowest BCUT2D eigenvalue weighted by molar-refractivity contribution is 0.0985. The fourth-order valence-electron chi connectivity index (χ4n) is 3.84. The van der Waals surface area contributed by atoms with Gasteiger partial charge < -0.3 is 9.88 Å². The molecule has 0 unspecified atom stereocenters. The first kappa shape index (κ1) is 20.6. The molecule has 0 saturated heterocycles. The molecule has 0 aliphatic heterocycles. The van der Waals surface area contributed by atoms with Crippen molar-refractivity contribution >= 4 is 22.5 Å². The van der Waals surface area contributed by atoms with E-state index in [0.29, 0.717) is 11.1 Å². The number of aromatic amines is 1. The van der Waals surface area contributed by atoms with Gasteiger partial charge in [0, 0.05) is 16.8 Å². The molecule has 31 heavy (non-hydrogen) atoms. The maximum atomic E-state index is 13.6. The standard InChI is InChI=1S/C27H26N2O2/c1-17-9-12-21(13-10-17)27(31)29(24-14-18(2)8-11-19(24)3)16-23-15-22-7-5-6-20(4)25(22)28-26(23)30/h5-15H,16H2,1-4H3,(H,28,30). The summed E-state index contributed by atoms with van der Waals surface area (Å²) >= 11 is 0. The maximum Gasteiger partial charge on any atom is 0.258 e. The van der Waals surface area contributed by atoms with E-state index in [1.807, 2.05) is 94.4 Å². The molecule has 0 spiro atoms. The van der Waals surface area contributed by atoms with Gasteiger partial charge in [0.2, 0.25) is 0 Å². The Morgan fingerprint density at radius 3 is 2.29 bits per heavy atom. The van der Waals surface area contributed by atoms with Crippen LogP contribution in [0.1, 0.15) is 38.2 Å². The van der Waals surface area contributed by atoms with Gasteiger partial charge in [-0.2, -0.15) is 0 Å². The third-order valence-electron chi connectivity index (χ3n) is 5.69. The number of amides is 1. The van der Waals surface area contributed by atoms with Crippen molar-refractivity contribution in [2.24, 2.45) is 0 Å². The molecule has 1 heterocycles. The van der Waals surface area contributed by atoms with Crippen molar-refractivity contribution in [3.63, 3.8) is 0 Å². The molecule has 0 aliphatic rings. The summed E-state index contributed by atoms with van der Waals surface area (Å²) in [5.41, 5.74) is 6.78. The van der Waals surface area contributed by atoms with E-state index in [2.05, 4.69) is 4.98 Å². The first-order chi connectivity index (χ1) is 14.8. The molecule has 156 valence electrons. The Kier molecular flexibility index (Phi) is 5.47. The highest BCUT2D eigenvalue weighted by Crippen LogP contribution is 2.26. The van der Waals surface area contributed by atoms with Crippen LogP contribution in [0.2, 0.25) is 0 Å². The van der Waals surface area contributed by atoms with E-state index in [1.165, 1.54) is 0 Å². The second-order valence-electron chi connectivity index (χ2n) is 8.21. The monoisotopic (exact) mass is 410 g/mol. The molecule has 4 nitrogen and oxygen atoms in total. The van der Waals surface area contributed by atoms with Crippen LogP contribution in [-0.2, 0) is 6.54 Å². The summed E-state index contributed by atoms with van der Waals surface area (Å²) in [6, 6.07) is 21.4. The van der Waals surface area contributed by atoms with E-state index in [9.17, 15) is 9.59 Å². The number of pyridine rings is 1. The van der Waals surface area contributed by atoms with Crippen LogP contribution in [0.15, 0.2) is 71.5 Å². The van der Waals surface area contributed by atoms with Crippen molar-refractivity contribution in [2.45, 2.75) is 34.2 Å². The number of nitrogens with one attached hydrogen (secondary N) is 1. The lowest BCUT2D eigenvalue weighted by atomic mass is 10.1. The Balaban J connectivity index is 1.83. The quantitative estimate of drug-likeness (QED) is 0.475. The topological polar surface area (TPSA) is 53.2 Å². The summed E-state index contributed by atoms with van der Waals surface area (Å²) < 4.78 is 0. The third kappa shape index (κ3) is 4.15. The van der Waals surface area contributed by atoms with Crippen molar-refractivity contribution in [1.29, 1.82) is 0 Å². The van der Waals surface area contributed by atoms with Gasteiger partial charge in [0.1, 0.15) is 0 Å². The van der Waals surface area contributed by atoms with Crippen LogP contribution in [0, 0.1) is 27.7 Å². The highest BCUT2D eigenvalue weighted by atomic mass is 16.2. The third-order valence-corrected chi connectivity index (χ3v) is 5.69. The molecule has 1 aromatic heterocycles. The van der Waals surface area contributed by atoms with Crippen molar-refractivity contribution < 1.29 is 4.79 Å². The van der Waals surface area contributed by atoms with Crippen LogP contribution >= 0.6 is 0 Å². The predicted molar refractivity (Wildman–Crippen MR) is 127 cm³/mol. The molecular weight excluding hydrogens is 384 g/mol. The van der Waals surface area contributed by atoms with Gasteiger partial charge >= 0.3 is 0 Å². The fourth-order valence-corrected chi connectivity index (χ4v) is 3.84. The fraction of sp³-hybridized carbons (Fsp3) is 0.185. The largest absolute Gasteiger partial charge is 0.321 e. The molecule has 0 atom stereocenters. The summed E-state index contributed by atoms with van der Waals surface area (Å²) in [4.78, 5) is 31.2. The van der Waals surface area contributed by atoms with Crippen LogP contribution in [0.25, 0.3) is 10.9 Å². The number of H-pyrrole nitrogens is 1. The summed E-state index contributed by atoms with van der Waals surface area (Å²) in [6.45, 7) is 8.14. The van der Waals surface area contributed by atoms with Gasteiger partial charge in [0.15, 0.2) is 0 Å². The first-order valence-corrected chi connectivity index (χ1v) is 10.4. The summed E-state index contributed by atoms with van der Waals surface area (Å²) in [6.07, 6.45) is 0. The lowest BCUT2D eigenvalue weighted by Gasteiger charge is -2.25. The van der Waals surface area contributed by atoms with Crippen LogP contribution < -0.4 is 10.5 Å². The number of rotatable bonds is 4. The van der Waals surface area contributed by atoms with E-state index < -0.39 is 0 Å². The molecule has 0 saturated carbocycles. The summed E-state index contributed by atoms with van der Waals surface area (Å²) in [7, 11) is 0. The molecule has 0 fully saturated rings. The number of benzene rings is 3. The van der Waals surface area contributed by atoms with Gasteiger partial charge in [-0.1, -0.05) is 48.0 Å². The Morgan fingerprint density at radius 2 is 1.55 bits per heavy atom. The van der Waals surface area contributed by atoms with Gasteiger partial charge in [-0.25, -0.2) is 0 Å². The highest BCUT2D eigenvalue weighted by molar-refractivity contribution is 6.06. The molecule has 1 N–H and O–H groups in total. The highest BCUT2D eigenvalue weighted by Gasteiger charge is 2.21. The zero-order valence-corrected chi connectivity index (χ0v) is 18.3. The Bertz CT molecular complexity index is 1330. The molecule has 4 heteroatoms. The molecular formula is C27H26N2O2. The number of carbonyl (C=O) groups is 1. The molecule has 0 bridgehead atoms. The number of aromatic nitrogens is 1. The minimum atomic E-state index is -0.172. The first-order valence-electron chi connectivity index (χ1n) is 10.4. The van der Waals surface area contributed by atoms with Crippen LogP contribution in [0.5, 0.6) is 0 Å². The van der Waals surface area contributed by atoms with Crippen molar-refractivity contribution in [3.05, 3.63) is 110 Å². The van der Waals surface area contributed by atoms with Crippen LogP contribution in [0.3, 0.4) is 0 Å². The van der Waals surface area contributed by atoms with Crippen molar-refractivity contribution in [3.8, 4) is 0 Å². The Hall–Kier alpha value is -3.66. The number of hydrogen-bond donors (Lipinski definition) is 1. The average molecular weight is 411 g/mol. The second-order valence-corrected chi connectivity index (χ2v) is 8.21. The average Bonchev–Trinajstić information content (AvgIpc) is 2.75. The van der Waals surface area contributed by atoms with Crippen LogP contribution in [-0.4, -0.2) is 10.9 Å². The molecule has 0 radical (unpaired) electrons. The molecule has 4 aromatic rings. The molecule has 0 aliphatic carbocycles. The Morgan fingerprint density at radius 1 is 0.839 bits per heavy atom. The summed E-state index contributed by atoms with van der Waals surface area (Å²) in [5, 5.41) is 0.957. The van der Waals surface area contributed by atoms with E-state index in [4.69, 9.17) is 0 Å². The number of hydrogen-bond acceptors (Lipinski definition) is 2. The van der Waals surface area contributed by atoms with E-state index >= 15 is 0 Å². The maximum absolute atomic E-state index is 13.6. The number of para-hydroxylation sites is 1.